The third kappa shape index (κ3) is 2.23. The quantitative estimate of drug-likeness (QED) is 0.727. The Morgan fingerprint density at radius 1 is 1.80 bits per heavy atom. The summed E-state index contributed by atoms with van der Waals surface area (Å²) < 4.78 is 7.29. The number of imidazole rings is 1. The van der Waals surface area contributed by atoms with Crippen LogP contribution in [0.2, 0.25) is 0 Å². The van der Waals surface area contributed by atoms with Crippen molar-refractivity contribution in [1.82, 2.24) is 9.55 Å². The zero-order valence-electron chi connectivity index (χ0n) is 8.68. The molecule has 15 heavy (non-hydrogen) atoms. The van der Waals surface area contributed by atoms with Crippen molar-refractivity contribution in [2.24, 2.45) is 0 Å². The summed E-state index contributed by atoms with van der Waals surface area (Å²) >= 11 is 1.76. The van der Waals surface area contributed by atoms with Gasteiger partial charge >= 0.3 is 0 Å². The van der Waals surface area contributed by atoms with Gasteiger partial charge in [-0.3, -0.25) is 4.79 Å². The highest BCUT2D eigenvalue weighted by Crippen LogP contribution is 2.16. The molecule has 0 amide bonds. The van der Waals surface area contributed by atoms with Crippen LogP contribution in [0.25, 0.3) is 0 Å². The van der Waals surface area contributed by atoms with Gasteiger partial charge in [0.05, 0.1) is 6.61 Å². The van der Waals surface area contributed by atoms with Gasteiger partial charge in [0.15, 0.2) is 5.82 Å². The molecule has 1 saturated heterocycles. The Labute approximate surface area is 93.0 Å². The van der Waals surface area contributed by atoms with Crippen molar-refractivity contribution in [3.8, 4) is 0 Å². The number of carbonyl (C=O) groups excluding carboxylic acids is 1. The monoisotopic (exact) mass is 226 g/mol. The maximum absolute atomic E-state index is 12.0. The van der Waals surface area contributed by atoms with Crippen LogP contribution in [0.3, 0.4) is 0 Å². The number of hydrogen-bond acceptors (Lipinski definition) is 4. The van der Waals surface area contributed by atoms with Gasteiger partial charge in [-0.05, 0) is 6.92 Å². The van der Waals surface area contributed by atoms with Gasteiger partial charge in [-0.25, -0.2) is 4.98 Å². The van der Waals surface area contributed by atoms with Crippen LogP contribution in [0.1, 0.15) is 17.5 Å². The summed E-state index contributed by atoms with van der Waals surface area (Å²) in [6, 6.07) is 0. The van der Waals surface area contributed by atoms with Crippen LogP contribution in [0.5, 0.6) is 0 Å². The Balaban J connectivity index is 2.12. The van der Waals surface area contributed by atoms with Gasteiger partial charge in [0.25, 0.3) is 0 Å². The molecule has 1 fully saturated rings. The number of thioether (sulfide) groups is 1. The molecule has 2 heterocycles. The average Bonchev–Trinajstić information content (AvgIpc) is 2.77. The third-order valence-electron chi connectivity index (χ3n) is 2.38. The van der Waals surface area contributed by atoms with E-state index in [2.05, 4.69) is 4.98 Å². The van der Waals surface area contributed by atoms with Crippen LogP contribution in [0.4, 0.5) is 0 Å². The van der Waals surface area contributed by atoms with E-state index in [0.717, 1.165) is 18.1 Å². The van der Waals surface area contributed by atoms with Gasteiger partial charge < -0.3 is 9.30 Å². The predicted molar refractivity (Wildman–Crippen MR) is 59.3 cm³/mol. The Bertz CT molecular complexity index is 345. The van der Waals surface area contributed by atoms with E-state index in [-0.39, 0.29) is 11.9 Å². The maximum Gasteiger partial charge on any atom is 0.227 e. The topological polar surface area (TPSA) is 44.1 Å². The molecule has 0 bridgehead atoms. The van der Waals surface area contributed by atoms with Crippen LogP contribution in [0, 0.1) is 0 Å². The van der Waals surface area contributed by atoms with Crippen LogP contribution in [0.15, 0.2) is 12.4 Å². The van der Waals surface area contributed by atoms with E-state index in [9.17, 15) is 4.79 Å². The smallest absolute Gasteiger partial charge is 0.227 e. The molecule has 1 aliphatic rings. The molecule has 4 nitrogen and oxygen atoms in total. The lowest BCUT2D eigenvalue weighted by Gasteiger charge is -2.20. The van der Waals surface area contributed by atoms with Gasteiger partial charge in [0.1, 0.15) is 6.10 Å². The predicted octanol–water partition coefficient (Wildman–Crippen LogP) is 1.22. The molecule has 1 aliphatic heterocycles. The minimum Gasteiger partial charge on any atom is -0.368 e. The van der Waals surface area contributed by atoms with Crippen LogP contribution in [-0.2, 0) is 11.3 Å². The van der Waals surface area contributed by atoms with Gasteiger partial charge in [0.2, 0.25) is 5.78 Å². The molecule has 1 aromatic heterocycles. The first-order valence-corrected chi connectivity index (χ1v) is 6.23. The molecule has 0 radical (unpaired) electrons. The molecule has 0 N–H and O–H groups in total. The lowest BCUT2D eigenvalue weighted by molar-refractivity contribution is 0.0505. The first-order chi connectivity index (χ1) is 7.33. The van der Waals surface area contributed by atoms with E-state index < -0.39 is 0 Å². The number of ketones is 1. The second kappa shape index (κ2) is 4.81. The highest BCUT2D eigenvalue weighted by molar-refractivity contribution is 7.99. The lowest BCUT2D eigenvalue weighted by atomic mass is 10.2. The molecule has 0 aromatic carbocycles. The highest BCUT2D eigenvalue weighted by Gasteiger charge is 2.26. The van der Waals surface area contributed by atoms with Crippen molar-refractivity contribution in [3.63, 3.8) is 0 Å². The molecule has 82 valence electrons. The second-order valence-corrected chi connectivity index (χ2v) is 4.49. The van der Waals surface area contributed by atoms with Gasteiger partial charge in [-0.15, -0.1) is 0 Å². The fraction of sp³-hybridized carbons (Fsp3) is 0.600. The molecule has 1 aromatic rings. The molecule has 1 unspecified atom stereocenters. The molecular formula is C10H14N2O2S. The second-order valence-electron chi connectivity index (χ2n) is 3.34. The van der Waals surface area contributed by atoms with Gasteiger partial charge in [0, 0.05) is 30.4 Å². The van der Waals surface area contributed by atoms with E-state index in [1.165, 1.54) is 0 Å². The van der Waals surface area contributed by atoms with Crippen LogP contribution < -0.4 is 0 Å². The zero-order valence-corrected chi connectivity index (χ0v) is 9.50. The SMILES string of the molecule is CCn1ccnc1C(=O)C1CSCCO1. The molecule has 2 rings (SSSR count). The van der Waals surface area contributed by atoms with Crippen molar-refractivity contribution in [3.05, 3.63) is 18.2 Å². The van der Waals surface area contributed by atoms with E-state index >= 15 is 0 Å². The van der Waals surface area contributed by atoms with E-state index in [1.807, 2.05) is 17.7 Å². The largest absolute Gasteiger partial charge is 0.368 e. The minimum absolute atomic E-state index is 0.00838. The number of Topliss-reactive ketones (excluding diaryl/α,β-unsaturated/α-hetero) is 1. The molecule has 0 aliphatic carbocycles. The molecule has 0 saturated carbocycles. The van der Waals surface area contributed by atoms with Crippen molar-refractivity contribution in [1.29, 1.82) is 0 Å². The number of hydrogen-bond donors (Lipinski definition) is 0. The first-order valence-electron chi connectivity index (χ1n) is 5.07. The zero-order chi connectivity index (χ0) is 10.7. The van der Waals surface area contributed by atoms with E-state index in [4.69, 9.17) is 4.74 Å². The number of ether oxygens (including phenoxy) is 1. The summed E-state index contributed by atoms with van der Waals surface area (Å²) in [5.41, 5.74) is 0. The Hall–Kier alpha value is -0.810. The summed E-state index contributed by atoms with van der Waals surface area (Å²) in [5.74, 6) is 2.25. The maximum atomic E-state index is 12.0. The number of aromatic nitrogens is 2. The summed E-state index contributed by atoms with van der Waals surface area (Å²) in [4.78, 5) is 16.1. The molecule has 0 spiro atoms. The van der Waals surface area contributed by atoms with Crippen molar-refractivity contribution >= 4 is 17.5 Å². The van der Waals surface area contributed by atoms with Crippen LogP contribution in [-0.4, -0.2) is 39.6 Å². The van der Waals surface area contributed by atoms with Crippen molar-refractivity contribution < 1.29 is 9.53 Å². The average molecular weight is 226 g/mol. The molecular weight excluding hydrogens is 212 g/mol. The fourth-order valence-corrected chi connectivity index (χ4v) is 2.42. The van der Waals surface area contributed by atoms with Gasteiger partial charge in [-0.2, -0.15) is 11.8 Å². The van der Waals surface area contributed by atoms with Crippen molar-refractivity contribution in [2.45, 2.75) is 19.6 Å². The summed E-state index contributed by atoms with van der Waals surface area (Å²) in [6.07, 6.45) is 3.17. The summed E-state index contributed by atoms with van der Waals surface area (Å²) in [6.45, 7) is 3.42. The molecule has 1 atom stereocenters. The normalized spacial score (nSPS) is 21.5. The number of carbonyl (C=O) groups is 1. The standard InChI is InChI=1S/C10H14N2O2S/c1-2-12-4-3-11-10(12)9(13)8-7-15-6-5-14-8/h3-4,8H,2,5-7H2,1H3. The Morgan fingerprint density at radius 3 is 3.33 bits per heavy atom. The fourth-order valence-electron chi connectivity index (χ4n) is 1.57. The van der Waals surface area contributed by atoms with E-state index in [1.54, 1.807) is 18.0 Å². The minimum atomic E-state index is -0.309. The molecule has 5 heteroatoms. The van der Waals surface area contributed by atoms with Crippen LogP contribution >= 0.6 is 11.8 Å². The first kappa shape index (κ1) is 10.7. The lowest BCUT2D eigenvalue weighted by Crippen LogP contribution is -2.33. The number of nitrogens with zero attached hydrogens (tertiary/aromatic N) is 2. The van der Waals surface area contributed by atoms with Crippen molar-refractivity contribution in [2.75, 3.05) is 18.1 Å². The van der Waals surface area contributed by atoms with E-state index in [0.29, 0.717) is 12.4 Å². The summed E-state index contributed by atoms with van der Waals surface area (Å²) in [5, 5.41) is 0. The Morgan fingerprint density at radius 2 is 2.67 bits per heavy atom. The third-order valence-corrected chi connectivity index (χ3v) is 3.38. The number of rotatable bonds is 3. The summed E-state index contributed by atoms with van der Waals surface area (Å²) in [7, 11) is 0. The van der Waals surface area contributed by atoms with Gasteiger partial charge in [-0.1, -0.05) is 0 Å². The Kier molecular flexibility index (Phi) is 3.43. The highest BCUT2D eigenvalue weighted by atomic mass is 32.2. The number of aryl methyl sites for hydroxylation is 1.